The number of nitrogens with zero attached hydrogens (tertiary/aromatic N) is 3. The van der Waals surface area contributed by atoms with Crippen LogP contribution in [0, 0.1) is 24.0 Å². The molecule has 0 spiro atoms. The van der Waals surface area contributed by atoms with E-state index >= 15 is 0 Å². The van der Waals surface area contributed by atoms with Gasteiger partial charge >= 0.3 is 25.3 Å². The molecular weight excluding hydrogens is 555 g/mol. The number of nitrogen functional groups attached to an aromatic ring is 1. The van der Waals surface area contributed by atoms with E-state index in [2.05, 4.69) is 30.7 Å². The van der Waals surface area contributed by atoms with Gasteiger partial charge in [-0.2, -0.15) is 0 Å². The molecule has 0 aliphatic rings. The summed E-state index contributed by atoms with van der Waals surface area (Å²) >= 11 is -1.92. The number of nitro groups is 1. The van der Waals surface area contributed by atoms with E-state index in [-0.39, 0.29) is 10.6 Å². The van der Waals surface area contributed by atoms with Gasteiger partial charge in [0.05, 0.1) is 4.92 Å². The summed E-state index contributed by atoms with van der Waals surface area (Å²) in [7, 11) is 4.01. The molecule has 2 aromatic carbocycles. The van der Waals surface area contributed by atoms with Crippen molar-refractivity contribution >= 4 is 33.2 Å². The zero-order valence-electron chi connectivity index (χ0n) is 16.5. The first-order chi connectivity index (χ1) is 13.7. The van der Waals surface area contributed by atoms with Gasteiger partial charge in [0.15, 0.2) is 0 Å². The summed E-state index contributed by atoms with van der Waals surface area (Å²) in [6.45, 7) is 4.07. The Morgan fingerprint density at radius 3 is 1.79 bits per heavy atom. The predicted molar refractivity (Wildman–Crippen MR) is 108 cm³/mol. The van der Waals surface area contributed by atoms with Crippen LogP contribution in [0.3, 0.4) is 0 Å². The maximum absolute atomic E-state index is 10.5. The number of nitrogens with two attached hydrogens (primary N) is 1. The van der Waals surface area contributed by atoms with Crippen LogP contribution in [0.25, 0.3) is 21.8 Å². The molecule has 0 radical (unpaired) electrons. The Balaban J connectivity index is 0.000000184. The van der Waals surface area contributed by atoms with E-state index in [0.717, 1.165) is 22.3 Å². The fourth-order valence-corrected chi connectivity index (χ4v) is 3.09. The molecule has 156 valence electrons. The quantitative estimate of drug-likeness (QED) is 0.207. The predicted octanol–water partition coefficient (Wildman–Crippen LogP) is 4.22. The van der Waals surface area contributed by atoms with Crippen LogP contribution in [0.1, 0.15) is 11.4 Å². The van der Waals surface area contributed by atoms with Crippen LogP contribution in [0.15, 0.2) is 48.5 Å². The van der Waals surface area contributed by atoms with E-state index < -0.39 is 18.5 Å². The Kier molecular flexibility index (Phi) is 7.28. The van der Waals surface area contributed by atoms with Crippen molar-refractivity contribution in [3.63, 3.8) is 0 Å². The molecule has 2 heterocycles. The molecule has 0 saturated heterocycles. The first kappa shape index (κ1) is 22.3. The molecule has 4 rings (SSSR count). The Morgan fingerprint density at radius 1 is 0.862 bits per heavy atom. The van der Waals surface area contributed by atoms with Gasteiger partial charge in [0.1, 0.15) is 0 Å². The molecule has 9 heteroatoms. The number of benzene rings is 2. The normalized spacial score (nSPS) is 10.3. The second-order valence-electron chi connectivity index (χ2n) is 6.56. The van der Waals surface area contributed by atoms with Crippen LogP contribution < -0.4 is 5.73 Å². The molecule has 8 nitrogen and oxygen atoms in total. The van der Waals surface area contributed by atoms with Crippen molar-refractivity contribution in [1.82, 2.24) is 9.13 Å². The zero-order valence-corrected chi connectivity index (χ0v) is 18.8. The topological polar surface area (TPSA) is 113 Å². The van der Waals surface area contributed by atoms with Crippen molar-refractivity contribution in [2.45, 2.75) is 13.8 Å². The molecule has 0 aliphatic carbocycles. The SMILES string of the molecule is Cc1cc2cc(N)ccc2n1C.Cc1cc2cc([N+](=O)[O-])ccc2n1C.[O]=[Pt]=[O]. The van der Waals surface area contributed by atoms with E-state index in [1.54, 1.807) is 12.1 Å². The summed E-state index contributed by atoms with van der Waals surface area (Å²) < 4.78 is 21.1. The van der Waals surface area contributed by atoms with Gasteiger partial charge in [-0.05, 0) is 50.2 Å². The van der Waals surface area contributed by atoms with Crippen LogP contribution in [0.2, 0.25) is 0 Å². The van der Waals surface area contributed by atoms with Crippen LogP contribution in [0.4, 0.5) is 11.4 Å². The average molecular weight is 577 g/mol. The molecule has 0 fully saturated rings. The Labute approximate surface area is 176 Å². The van der Waals surface area contributed by atoms with Gasteiger partial charge < -0.3 is 14.9 Å². The Morgan fingerprint density at radius 2 is 1.31 bits per heavy atom. The number of aryl methyl sites for hydroxylation is 4. The van der Waals surface area contributed by atoms with Gasteiger partial charge in [-0.3, -0.25) is 10.1 Å². The third kappa shape index (κ3) is 5.09. The van der Waals surface area contributed by atoms with Crippen molar-refractivity contribution in [1.29, 1.82) is 0 Å². The summed E-state index contributed by atoms with van der Waals surface area (Å²) in [5.74, 6) is 0. The number of fused-ring (bicyclic) bond motifs is 2. The minimum absolute atomic E-state index is 0.142. The number of hydrogen-bond donors (Lipinski definition) is 1. The van der Waals surface area contributed by atoms with Gasteiger partial charge in [-0.25, -0.2) is 0 Å². The Bertz CT molecular complexity index is 1220. The number of hydrogen-bond acceptors (Lipinski definition) is 5. The third-order valence-corrected chi connectivity index (χ3v) is 4.78. The number of anilines is 1. The molecule has 2 N–H and O–H groups in total. The van der Waals surface area contributed by atoms with Gasteiger partial charge in [-0.1, -0.05) is 0 Å². The molecule has 0 saturated carbocycles. The molecule has 0 bridgehead atoms. The monoisotopic (exact) mass is 577 g/mol. The van der Waals surface area contributed by atoms with Crippen LogP contribution in [-0.4, -0.2) is 14.1 Å². The molecule has 4 aromatic rings. The minimum atomic E-state index is -1.92. The molecule has 0 unspecified atom stereocenters. The summed E-state index contributed by atoms with van der Waals surface area (Å²) in [6, 6.07) is 15.0. The van der Waals surface area contributed by atoms with E-state index in [4.69, 9.17) is 12.5 Å². The Hall–Kier alpha value is -2.99. The molecule has 0 atom stereocenters. The second-order valence-corrected chi connectivity index (χ2v) is 6.94. The summed E-state index contributed by atoms with van der Waals surface area (Å²) in [6.07, 6.45) is 0. The third-order valence-electron chi connectivity index (χ3n) is 4.78. The number of rotatable bonds is 1. The fraction of sp³-hybridized carbons (Fsp3) is 0.200. The van der Waals surface area contributed by atoms with Crippen LogP contribution in [0.5, 0.6) is 0 Å². The van der Waals surface area contributed by atoms with E-state index in [9.17, 15) is 10.1 Å². The van der Waals surface area contributed by atoms with Gasteiger partial charge in [0, 0.05) is 65.1 Å². The van der Waals surface area contributed by atoms with Crippen molar-refractivity contribution in [3.05, 3.63) is 70.0 Å². The number of nitro benzene ring substituents is 1. The number of non-ortho nitro benzene ring substituents is 1. The first-order valence-corrected chi connectivity index (χ1v) is 10.4. The zero-order chi connectivity index (χ0) is 21.7. The second kappa shape index (κ2) is 9.47. The van der Waals surface area contributed by atoms with Crippen LogP contribution >= 0.6 is 0 Å². The molecule has 2 aromatic heterocycles. The van der Waals surface area contributed by atoms with Crippen LogP contribution in [-0.2, 0) is 39.4 Å². The van der Waals surface area contributed by atoms with Crippen molar-refractivity contribution in [2.75, 3.05) is 5.73 Å². The first-order valence-electron chi connectivity index (χ1n) is 8.56. The fourth-order valence-electron chi connectivity index (χ4n) is 3.09. The molecule has 0 amide bonds. The standard InChI is InChI=1S/C10H10N2O2.C10H12N2.2O.Pt/c1-7-5-8-6-9(12(13)14)3-4-10(8)11(7)2;1-7-5-8-6-9(11)3-4-10(8)12(7)2;;;/h3-6H,1-2H3;3-6H,11H2,1-2H3;;;. The summed E-state index contributed by atoms with van der Waals surface area (Å²) in [5, 5.41) is 12.7. The van der Waals surface area contributed by atoms with E-state index in [1.165, 1.54) is 22.7 Å². The van der Waals surface area contributed by atoms with Crippen molar-refractivity contribution in [2.24, 2.45) is 14.1 Å². The molecule has 29 heavy (non-hydrogen) atoms. The van der Waals surface area contributed by atoms with E-state index in [1.807, 2.05) is 36.7 Å². The summed E-state index contributed by atoms with van der Waals surface area (Å²) in [5.41, 5.74) is 11.3. The van der Waals surface area contributed by atoms with Gasteiger partial charge in [0.2, 0.25) is 0 Å². The molecule has 0 aliphatic heterocycles. The number of aromatic nitrogens is 2. The van der Waals surface area contributed by atoms with Crippen molar-refractivity contribution < 1.29 is 30.2 Å². The summed E-state index contributed by atoms with van der Waals surface area (Å²) in [4.78, 5) is 10.2. The van der Waals surface area contributed by atoms with Gasteiger partial charge in [0.25, 0.3) is 5.69 Å². The maximum atomic E-state index is 10.5. The van der Waals surface area contributed by atoms with E-state index in [0.29, 0.717) is 0 Å². The average Bonchev–Trinajstić information content (AvgIpc) is 3.11. The van der Waals surface area contributed by atoms with Gasteiger partial charge in [-0.15, -0.1) is 0 Å². The van der Waals surface area contributed by atoms with Crippen molar-refractivity contribution in [3.8, 4) is 0 Å². The molecular formula is C20H22N4O4Pt.